The predicted octanol–water partition coefficient (Wildman–Crippen LogP) is 1.95. The summed E-state index contributed by atoms with van der Waals surface area (Å²) in [6.07, 6.45) is 4.03. The van der Waals surface area contributed by atoms with Gasteiger partial charge < -0.3 is 15.3 Å². The van der Waals surface area contributed by atoms with Crippen LogP contribution in [0.3, 0.4) is 0 Å². The molecule has 0 aliphatic carbocycles. The molecule has 0 aromatic rings. The molecule has 0 aromatic carbocycles. The van der Waals surface area contributed by atoms with Crippen LogP contribution in [0.4, 0.5) is 0 Å². The third kappa shape index (κ3) is 8.16. The number of carboxylic acids is 1. The molecule has 0 rings (SSSR count). The van der Waals surface area contributed by atoms with Gasteiger partial charge in [0.05, 0.1) is 0 Å². The Morgan fingerprint density at radius 3 is 2.41 bits per heavy atom. The van der Waals surface area contributed by atoms with E-state index in [4.69, 9.17) is 5.11 Å². The van der Waals surface area contributed by atoms with E-state index in [0.29, 0.717) is 6.42 Å². The van der Waals surface area contributed by atoms with Gasteiger partial charge in [0.15, 0.2) is 0 Å². The Balaban J connectivity index is 3.94. The summed E-state index contributed by atoms with van der Waals surface area (Å²) in [5.41, 5.74) is 0. The molecule has 1 atom stereocenters. The lowest BCUT2D eigenvalue weighted by atomic mass is 10.2. The fraction of sp³-hybridized carbons (Fsp3) is 0.923. The zero-order chi connectivity index (χ0) is 13.1. The Bertz CT molecular complexity index is 198. The van der Waals surface area contributed by atoms with Gasteiger partial charge in [0.2, 0.25) is 0 Å². The summed E-state index contributed by atoms with van der Waals surface area (Å²) in [6, 6.07) is -0.398. The van der Waals surface area contributed by atoms with Crippen molar-refractivity contribution < 1.29 is 9.90 Å². The fourth-order valence-electron chi connectivity index (χ4n) is 1.75. The normalized spacial score (nSPS) is 12.9. The van der Waals surface area contributed by atoms with E-state index < -0.39 is 12.0 Å². The van der Waals surface area contributed by atoms with E-state index in [2.05, 4.69) is 24.1 Å². The SMILES string of the molecule is CCCCN(CC)CCC(NCCC)C(=O)O. The Labute approximate surface area is 105 Å². The van der Waals surface area contributed by atoms with Crippen LogP contribution in [0.2, 0.25) is 0 Å². The van der Waals surface area contributed by atoms with Gasteiger partial charge in [-0.2, -0.15) is 0 Å². The van der Waals surface area contributed by atoms with E-state index in [1.165, 1.54) is 12.8 Å². The molecule has 0 bridgehead atoms. The Kier molecular flexibility index (Phi) is 10.2. The zero-order valence-corrected chi connectivity index (χ0v) is 11.5. The van der Waals surface area contributed by atoms with Crippen molar-refractivity contribution in [2.24, 2.45) is 0 Å². The summed E-state index contributed by atoms with van der Waals surface area (Å²) in [6.45, 7) is 10.1. The van der Waals surface area contributed by atoms with Gasteiger partial charge >= 0.3 is 5.97 Å². The highest BCUT2D eigenvalue weighted by Crippen LogP contribution is 2.00. The van der Waals surface area contributed by atoms with Crippen molar-refractivity contribution in [2.75, 3.05) is 26.2 Å². The second-order valence-corrected chi connectivity index (χ2v) is 4.42. The molecule has 0 spiro atoms. The van der Waals surface area contributed by atoms with Gasteiger partial charge in [0.1, 0.15) is 6.04 Å². The van der Waals surface area contributed by atoms with Crippen LogP contribution in [0.25, 0.3) is 0 Å². The van der Waals surface area contributed by atoms with Gasteiger partial charge in [-0.15, -0.1) is 0 Å². The van der Waals surface area contributed by atoms with Crippen LogP contribution in [0.15, 0.2) is 0 Å². The maximum Gasteiger partial charge on any atom is 0.320 e. The molecular weight excluding hydrogens is 216 g/mol. The molecule has 0 saturated heterocycles. The third-order valence-electron chi connectivity index (χ3n) is 2.95. The Hall–Kier alpha value is -0.610. The molecule has 102 valence electrons. The van der Waals surface area contributed by atoms with Crippen LogP contribution in [0.5, 0.6) is 0 Å². The maximum absolute atomic E-state index is 11.0. The molecule has 0 saturated carbocycles. The van der Waals surface area contributed by atoms with Crippen molar-refractivity contribution in [3.05, 3.63) is 0 Å². The number of rotatable bonds is 11. The van der Waals surface area contributed by atoms with Crippen molar-refractivity contribution in [1.29, 1.82) is 0 Å². The largest absolute Gasteiger partial charge is 0.480 e. The first-order valence-corrected chi connectivity index (χ1v) is 6.84. The highest BCUT2D eigenvalue weighted by Gasteiger charge is 2.16. The summed E-state index contributed by atoms with van der Waals surface area (Å²) >= 11 is 0. The number of aliphatic carboxylic acids is 1. The van der Waals surface area contributed by atoms with Crippen LogP contribution in [0, 0.1) is 0 Å². The Morgan fingerprint density at radius 2 is 1.94 bits per heavy atom. The van der Waals surface area contributed by atoms with Crippen molar-refractivity contribution >= 4 is 5.97 Å². The van der Waals surface area contributed by atoms with Crippen LogP contribution >= 0.6 is 0 Å². The van der Waals surface area contributed by atoms with Gasteiger partial charge in [-0.1, -0.05) is 27.2 Å². The number of nitrogens with zero attached hydrogens (tertiary/aromatic N) is 1. The minimum atomic E-state index is -0.731. The summed E-state index contributed by atoms with van der Waals surface area (Å²) in [7, 11) is 0. The number of hydrogen-bond donors (Lipinski definition) is 2. The van der Waals surface area contributed by atoms with E-state index in [1.807, 2.05) is 6.92 Å². The van der Waals surface area contributed by atoms with Crippen molar-refractivity contribution in [2.45, 2.75) is 52.5 Å². The number of hydrogen-bond acceptors (Lipinski definition) is 3. The van der Waals surface area contributed by atoms with Gasteiger partial charge in [0.25, 0.3) is 0 Å². The summed E-state index contributed by atoms with van der Waals surface area (Å²) in [5.74, 6) is -0.731. The molecule has 0 fully saturated rings. The Morgan fingerprint density at radius 1 is 1.24 bits per heavy atom. The van der Waals surface area contributed by atoms with E-state index in [1.54, 1.807) is 0 Å². The number of unbranched alkanes of at least 4 members (excludes halogenated alkanes) is 1. The lowest BCUT2D eigenvalue weighted by Crippen LogP contribution is -2.40. The summed E-state index contributed by atoms with van der Waals surface area (Å²) in [5, 5.41) is 12.2. The van der Waals surface area contributed by atoms with E-state index in [0.717, 1.165) is 32.6 Å². The molecule has 0 aliphatic rings. The number of nitrogens with one attached hydrogen (secondary N) is 1. The van der Waals surface area contributed by atoms with Gasteiger partial charge in [-0.3, -0.25) is 4.79 Å². The minimum Gasteiger partial charge on any atom is -0.480 e. The van der Waals surface area contributed by atoms with E-state index in [-0.39, 0.29) is 0 Å². The fourth-order valence-corrected chi connectivity index (χ4v) is 1.75. The zero-order valence-electron chi connectivity index (χ0n) is 11.5. The van der Waals surface area contributed by atoms with Crippen molar-refractivity contribution in [1.82, 2.24) is 10.2 Å². The summed E-state index contributed by atoms with van der Waals surface area (Å²) in [4.78, 5) is 13.4. The molecule has 17 heavy (non-hydrogen) atoms. The quantitative estimate of drug-likeness (QED) is 0.583. The average Bonchev–Trinajstić information content (AvgIpc) is 2.32. The van der Waals surface area contributed by atoms with Gasteiger partial charge in [0, 0.05) is 6.54 Å². The number of carboxylic acid groups (broad SMARTS) is 1. The third-order valence-corrected chi connectivity index (χ3v) is 2.95. The van der Waals surface area contributed by atoms with E-state index in [9.17, 15) is 4.79 Å². The van der Waals surface area contributed by atoms with Crippen LogP contribution in [-0.4, -0.2) is 48.2 Å². The van der Waals surface area contributed by atoms with Gasteiger partial charge in [-0.25, -0.2) is 0 Å². The molecule has 0 aromatic heterocycles. The molecule has 0 radical (unpaired) electrons. The monoisotopic (exact) mass is 244 g/mol. The molecule has 4 nitrogen and oxygen atoms in total. The molecule has 0 heterocycles. The highest BCUT2D eigenvalue weighted by atomic mass is 16.4. The molecule has 0 amide bonds. The lowest BCUT2D eigenvalue weighted by molar-refractivity contribution is -0.139. The average molecular weight is 244 g/mol. The van der Waals surface area contributed by atoms with Crippen LogP contribution in [-0.2, 0) is 4.79 Å². The van der Waals surface area contributed by atoms with E-state index >= 15 is 0 Å². The minimum absolute atomic E-state index is 0.398. The second kappa shape index (κ2) is 10.5. The lowest BCUT2D eigenvalue weighted by Gasteiger charge is -2.22. The molecule has 1 unspecified atom stereocenters. The van der Waals surface area contributed by atoms with Crippen LogP contribution < -0.4 is 5.32 Å². The molecule has 0 aliphatic heterocycles. The highest BCUT2D eigenvalue weighted by molar-refractivity contribution is 5.73. The van der Waals surface area contributed by atoms with Crippen molar-refractivity contribution in [3.8, 4) is 0 Å². The first-order valence-electron chi connectivity index (χ1n) is 6.84. The smallest absolute Gasteiger partial charge is 0.320 e. The molecular formula is C13H28N2O2. The van der Waals surface area contributed by atoms with Crippen LogP contribution in [0.1, 0.15) is 46.5 Å². The molecule has 4 heteroatoms. The van der Waals surface area contributed by atoms with Gasteiger partial charge in [-0.05, 0) is 38.9 Å². The maximum atomic E-state index is 11.0. The first kappa shape index (κ1) is 16.4. The number of carbonyl (C=O) groups is 1. The van der Waals surface area contributed by atoms with Crippen molar-refractivity contribution in [3.63, 3.8) is 0 Å². The second-order valence-electron chi connectivity index (χ2n) is 4.42. The summed E-state index contributed by atoms with van der Waals surface area (Å²) < 4.78 is 0. The topological polar surface area (TPSA) is 52.6 Å². The predicted molar refractivity (Wildman–Crippen MR) is 71.4 cm³/mol. The molecule has 2 N–H and O–H groups in total. The standard InChI is InChI=1S/C13H28N2O2/c1-4-7-10-15(6-3)11-8-12(13(16)17)14-9-5-2/h12,14H,4-11H2,1-3H3,(H,16,17). The first-order chi connectivity index (χ1) is 8.15.